The molecule has 1 aromatic heterocycles. The maximum atomic E-state index is 13.3. The number of rotatable bonds is 2. The van der Waals surface area contributed by atoms with Gasteiger partial charge in [-0.05, 0) is 12.3 Å². The minimum Gasteiger partial charge on any atom is -0.337 e. The lowest BCUT2D eigenvalue weighted by Crippen LogP contribution is -2.50. The lowest BCUT2D eigenvalue weighted by molar-refractivity contribution is 0.0483. The van der Waals surface area contributed by atoms with E-state index in [0.29, 0.717) is 25.1 Å². The van der Waals surface area contributed by atoms with E-state index < -0.39 is 17.5 Å². The second-order valence-corrected chi connectivity index (χ2v) is 3.97. The van der Waals surface area contributed by atoms with Crippen LogP contribution < -0.4 is 0 Å². The predicted molar refractivity (Wildman–Crippen MR) is 53.8 cm³/mol. The Hall–Kier alpha value is -1.52. The van der Waals surface area contributed by atoms with Crippen molar-refractivity contribution in [1.82, 2.24) is 9.88 Å². The summed E-state index contributed by atoms with van der Waals surface area (Å²) < 4.78 is 25.8. The molecule has 5 heteroatoms. The molecular weight excluding hydrogens is 214 g/mol. The smallest absolute Gasteiger partial charge is 0.275 e. The van der Waals surface area contributed by atoms with Crippen LogP contribution in [0.15, 0.2) is 12.3 Å². The third-order valence-electron chi connectivity index (χ3n) is 2.83. The second-order valence-electron chi connectivity index (χ2n) is 3.97. The first-order valence-corrected chi connectivity index (χ1v) is 5.22. The van der Waals surface area contributed by atoms with E-state index in [1.807, 2.05) is 6.92 Å². The summed E-state index contributed by atoms with van der Waals surface area (Å²) in [6, 6.07) is 0.678. The number of halogens is 2. The van der Waals surface area contributed by atoms with Crippen LogP contribution in [0, 0.1) is 17.6 Å². The van der Waals surface area contributed by atoms with Crippen LogP contribution in [0.25, 0.3) is 0 Å². The number of nitrogens with zero attached hydrogens (tertiary/aromatic N) is 2. The molecule has 0 N–H and O–H groups in total. The van der Waals surface area contributed by atoms with Crippen molar-refractivity contribution in [2.45, 2.75) is 13.3 Å². The maximum absolute atomic E-state index is 13.3. The molecular formula is C11H12F2N2O. The zero-order valence-corrected chi connectivity index (χ0v) is 8.91. The lowest BCUT2D eigenvalue weighted by atomic mass is 9.97. The molecule has 2 rings (SSSR count). The molecule has 0 aromatic carbocycles. The van der Waals surface area contributed by atoms with Crippen LogP contribution in [0.3, 0.4) is 0 Å². The quantitative estimate of drug-likeness (QED) is 0.771. The van der Waals surface area contributed by atoms with Crippen molar-refractivity contribution in [3.8, 4) is 0 Å². The van der Waals surface area contributed by atoms with Crippen molar-refractivity contribution in [3.05, 3.63) is 29.6 Å². The highest BCUT2D eigenvalue weighted by atomic mass is 19.1. The number of amides is 1. The van der Waals surface area contributed by atoms with Gasteiger partial charge < -0.3 is 4.90 Å². The molecule has 0 unspecified atom stereocenters. The summed E-state index contributed by atoms with van der Waals surface area (Å²) in [5.41, 5.74) is -0.295. The Morgan fingerprint density at radius 3 is 2.81 bits per heavy atom. The van der Waals surface area contributed by atoms with Gasteiger partial charge in [0.05, 0.1) is 6.20 Å². The number of hydrogen-bond donors (Lipinski definition) is 0. The summed E-state index contributed by atoms with van der Waals surface area (Å²) in [7, 11) is 0. The third kappa shape index (κ3) is 1.89. The highest BCUT2D eigenvalue weighted by Crippen LogP contribution is 2.21. The normalized spacial score (nSPS) is 16.1. The fourth-order valence-corrected chi connectivity index (χ4v) is 1.72. The van der Waals surface area contributed by atoms with Crippen LogP contribution in [0.5, 0.6) is 0 Å². The Morgan fingerprint density at radius 2 is 2.25 bits per heavy atom. The molecule has 1 aromatic rings. The molecule has 2 heterocycles. The molecule has 0 spiro atoms. The summed E-state index contributed by atoms with van der Waals surface area (Å²) in [6.45, 7) is 3.31. The van der Waals surface area contributed by atoms with Gasteiger partial charge in [-0.2, -0.15) is 0 Å². The fraction of sp³-hybridized carbons (Fsp3) is 0.455. The van der Waals surface area contributed by atoms with Crippen LogP contribution in [0.2, 0.25) is 0 Å². The minimum absolute atomic E-state index is 0.295. The van der Waals surface area contributed by atoms with Crippen LogP contribution in [-0.2, 0) is 0 Å². The molecule has 1 aliphatic heterocycles. The van der Waals surface area contributed by atoms with Crippen molar-refractivity contribution < 1.29 is 13.6 Å². The summed E-state index contributed by atoms with van der Waals surface area (Å²) in [5, 5.41) is 0. The zero-order chi connectivity index (χ0) is 11.7. The van der Waals surface area contributed by atoms with Crippen molar-refractivity contribution in [3.63, 3.8) is 0 Å². The van der Waals surface area contributed by atoms with Crippen molar-refractivity contribution in [2.24, 2.45) is 5.92 Å². The number of carbonyl (C=O) groups excluding carboxylic acids is 1. The van der Waals surface area contributed by atoms with Gasteiger partial charge in [0.25, 0.3) is 5.91 Å². The van der Waals surface area contributed by atoms with E-state index in [-0.39, 0.29) is 5.69 Å². The number of pyridine rings is 1. The molecule has 0 aliphatic carbocycles. The highest BCUT2D eigenvalue weighted by Gasteiger charge is 2.31. The van der Waals surface area contributed by atoms with Gasteiger partial charge in [0, 0.05) is 19.2 Å². The Balaban J connectivity index is 2.10. The molecule has 1 fully saturated rings. The highest BCUT2D eigenvalue weighted by molar-refractivity contribution is 5.93. The SMILES string of the molecule is CCC1CN(C(=O)c2ncc(F)cc2F)C1. The van der Waals surface area contributed by atoms with Crippen molar-refractivity contribution >= 4 is 5.91 Å². The van der Waals surface area contributed by atoms with Gasteiger partial charge in [-0.25, -0.2) is 13.8 Å². The Morgan fingerprint density at radius 1 is 1.56 bits per heavy atom. The van der Waals surface area contributed by atoms with Crippen LogP contribution in [-0.4, -0.2) is 28.9 Å². The molecule has 0 saturated carbocycles. The summed E-state index contributed by atoms with van der Waals surface area (Å²) in [4.78, 5) is 16.7. The average Bonchev–Trinajstić information content (AvgIpc) is 2.15. The Bertz CT molecular complexity index is 416. The van der Waals surface area contributed by atoms with Gasteiger partial charge in [-0.1, -0.05) is 6.92 Å². The van der Waals surface area contributed by atoms with Crippen LogP contribution in [0.1, 0.15) is 23.8 Å². The molecule has 0 atom stereocenters. The van der Waals surface area contributed by atoms with Gasteiger partial charge in [0.15, 0.2) is 11.5 Å². The summed E-state index contributed by atoms with van der Waals surface area (Å²) >= 11 is 0. The summed E-state index contributed by atoms with van der Waals surface area (Å²) in [5.74, 6) is -1.64. The maximum Gasteiger partial charge on any atom is 0.275 e. The molecule has 1 amide bonds. The number of likely N-dealkylation sites (tertiary alicyclic amines) is 1. The first kappa shape index (κ1) is 11.0. The number of carbonyl (C=O) groups is 1. The van der Waals surface area contributed by atoms with Gasteiger partial charge in [-0.15, -0.1) is 0 Å². The van der Waals surface area contributed by atoms with Crippen LogP contribution in [0.4, 0.5) is 8.78 Å². The average molecular weight is 226 g/mol. The van der Waals surface area contributed by atoms with Gasteiger partial charge in [0.2, 0.25) is 0 Å². The molecule has 86 valence electrons. The fourth-order valence-electron chi connectivity index (χ4n) is 1.72. The van der Waals surface area contributed by atoms with E-state index in [4.69, 9.17) is 0 Å². The third-order valence-corrected chi connectivity index (χ3v) is 2.83. The number of aromatic nitrogens is 1. The zero-order valence-electron chi connectivity index (χ0n) is 8.91. The van der Waals surface area contributed by atoms with Gasteiger partial charge >= 0.3 is 0 Å². The monoisotopic (exact) mass is 226 g/mol. The van der Waals surface area contributed by atoms with E-state index in [9.17, 15) is 13.6 Å². The first-order valence-electron chi connectivity index (χ1n) is 5.22. The molecule has 3 nitrogen and oxygen atoms in total. The number of hydrogen-bond acceptors (Lipinski definition) is 2. The van der Waals surface area contributed by atoms with Gasteiger partial charge in [-0.3, -0.25) is 4.79 Å². The molecule has 16 heavy (non-hydrogen) atoms. The molecule has 1 saturated heterocycles. The predicted octanol–water partition coefficient (Wildman–Crippen LogP) is 1.84. The molecule has 0 radical (unpaired) electrons. The van der Waals surface area contributed by atoms with E-state index >= 15 is 0 Å². The Labute approximate surface area is 92.1 Å². The van der Waals surface area contributed by atoms with Crippen LogP contribution >= 0.6 is 0 Å². The molecule has 0 bridgehead atoms. The van der Waals surface area contributed by atoms with E-state index in [0.717, 1.165) is 12.6 Å². The largest absolute Gasteiger partial charge is 0.337 e. The second kappa shape index (κ2) is 4.15. The van der Waals surface area contributed by atoms with Gasteiger partial charge in [0.1, 0.15) is 5.82 Å². The minimum atomic E-state index is -0.898. The topological polar surface area (TPSA) is 33.2 Å². The summed E-state index contributed by atoms with van der Waals surface area (Å²) in [6.07, 6.45) is 1.86. The Kier molecular flexibility index (Phi) is 2.85. The van der Waals surface area contributed by atoms with E-state index in [2.05, 4.69) is 4.98 Å². The van der Waals surface area contributed by atoms with Crippen molar-refractivity contribution in [1.29, 1.82) is 0 Å². The molecule has 1 aliphatic rings. The first-order chi connectivity index (χ1) is 7.61. The van der Waals surface area contributed by atoms with Crippen molar-refractivity contribution in [2.75, 3.05) is 13.1 Å². The standard InChI is InChI=1S/C11H12F2N2O/c1-2-7-5-15(6-7)11(16)10-9(13)3-8(12)4-14-10/h3-4,7H,2,5-6H2,1H3. The lowest BCUT2D eigenvalue weighted by Gasteiger charge is -2.38. The van der Waals surface area contributed by atoms with E-state index in [1.165, 1.54) is 4.90 Å². The van der Waals surface area contributed by atoms with E-state index in [1.54, 1.807) is 0 Å².